The molecule has 1 aromatic heterocycles. The molecule has 4 nitrogen and oxygen atoms in total. The molecule has 0 aliphatic rings. The van der Waals surface area contributed by atoms with Gasteiger partial charge in [0, 0.05) is 11.9 Å². The minimum atomic E-state index is -0.271. The van der Waals surface area contributed by atoms with Crippen LogP contribution in [0.25, 0.3) is 0 Å². The SMILES string of the molecule is Fc1ccc(NC(=S)NCc2ccn[nH]2)cc1. The molecule has 0 fully saturated rings. The number of rotatable bonds is 3. The number of nitrogens with zero attached hydrogens (tertiary/aromatic N) is 1. The number of hydrogen-bond donors (Lipinski definition) is 3. The Morgan fingerprint density at radius 1 is 1.29 bits per heavy atom. The first-order valence-electron chi connectivity index (χ1n) is 5.03. The zero-order valence-electron chi connectivity index (χ0n) is 8.90. The minimum Gasteiger partial charge on any atom is -0.357 e. The molecule has 0 atom stereocenters. The molecule has 17 heavy (non-hydrogen) atoms. The Kier molecular flexibility index (Phi) is 3.66. The molecule has 0 unspecified atom stereocenters. The third-order valence-corrected chi connectivity index (χ3v) is 2.35. The average Bonchev–Trinajstić information content (AvgIpc) is 2.83. The molecule has 0 saturated carbocycles. The van der Waals surface area contributed by atoms with Gasteiger partial charge in [-0.25, -0.2) is 4.39 Å². The highest BCUT2D eigenvalue weighted by Crippen LogP contribution is 2.07. The van der Waals surface area contributed by atoms with Gasteiger partial charge in [0.1, 0.15) is 5.82 Å². The molecule has 2 rings (SSSR count). The van der Waals surface area contributed by atoms with Gasteiger partial charge in [0.05, 0.1) is 12.2 Å². The molecule has 2 aromatic rings. The molecule has 88 valence electrons. The van der Waals surface area contributed by atoms with Gasteiger partial charge in [-0.15, -0.1) is 0 Å². The first kappa shape index (κ1) is 11.5. The molecule has 0 saturated heterocycles. The molecule has 0 spiro atoms. The molecule has 1 heterocycles. The van der Waals surface area contributed by atoms with Crippen molar-refractivity contribution in [1.82, 2.24) is 15.5 Å². The van der Waals surface area contributed by atoms with E-state index in [0.29, 0.717) is 11.7 Å². The summed E-state index contributed by atoms with van der Waals surface area (Å²) in [7, 11) is 0. The van der Waals surface area contributed by atoms with Crippen molar-refractivity contribution in [3.8, 4) is 0 Å². The predicted octanol–water partition coefficient (Wildman–Crippen LogP) is 2.04. The molecule has 3 N–H and O–H groups in total. The van der Waals surface area contributed by atoms with Crippen LogP contribution < -0.4 is 10.6 Å². The lowest BCUT2D eigenvalue weighted by atomic mass is 10.3. The van der Waals surface area contributed by atoms with Crippen LogP contribution in [0.15, 0.2) is 36.5 Å². The summed E-state index contributed by atoms with van der Waals surface area (Å²) >= 11 is 5.09. The summed E-state index contributed by atoms with van der Waals surface area (Å²) in [6.45, 7) is 0.563. The average molecular weight is 250 g/mol. The van der Waals surface area contributed by atoms with Crippen molar-refractivity contribution in [3.05, 3.63) is 48.0 Å². The van der Waals surface area contributed by atoms with Gasteiger partial charge in [0.15, 0.2) is 5.11 Å². The Labute approximate surface area is 103 Å². The summed E-state index contributed by atoms with van der Waals surface area (Å²) < 4.78 is 12.7. The van der Waals surface area contributed by atoms with Gasteiger partial charge in [-0.3, -0.25) is 5.10 Å². The highest BCUT2D eigenvalue weighted by molar-refractivity contribution is 7.80. The summed E-state index contributed by atoms with van der Waals surface area (Å²) in [5.41, 5.74) is 1.68. The van der Waals surface area contributed by atoms with Gasteiger partial charge in [-0.1, -0.05) is 0 Å². The van der Waals surface area contributed by atoms with Crippen LogP contribution in [0, 0.1) is 5.82 Å². The number of halogens is 1. The van der Waals surface area contributed by atoms with Crippen LogP contribution in [0.5, 0.6) is 0 Å². The van der Waals surface area contributed by atoms with E-state index in [1.807, 2.05) is 6.07 Å². The first-order valence-corrected chi connectivity index (χ1v) is 5.43. The first-order chi connectivity index (χ1) is 8.24. The molecule has 0 aliphatic carbocycles. The highest BCUT2D eigenvalue weighted by atomic mass is 32.1. The van der Waals surface area contributed by atoms with Crippen molar-refractivity contribution < 1.29 is 4.39 Å². The summed E-state index contributed by atoms with van der Waals surface area (Å²) in [4.78, 5) is 0. The maximum Gasteiger partial charge on any atom is 0.171 e. The van der Waals surface area contributed by atoms with Crippen molar-refractivity contribution in [3.63, 3.8) is 0 Å². The van der Waals surface area contributed by atoms with E-state index in [1.54, 1.807) is 18.3 Å². The fourth-order valence-corrected chi connectivity index (χ4v) is 1.46. The molecular formula is C11H11FN4S. The fourth-order valence-electron chi connectivity index (χ4n) is 1.27. The van der Waals surface area contributed by atoms with E-state index in [9.17, 15) is 4.39 Å². The van der Waals surface area contributed by atoms with E-state index in [-0.39, 0.29) is 5.82 Å². The van der Waals surface area contributed by atoms with Gasteiger partial charge >= 0.3 is 0 Å². The predicted molar refractivity (Wildman–Crippen MR) is 68.0 cm³/mol. The third kappa shape index (κ3) is 3.53. The number of thiocarbonyl (C=S) groups is 1. The van der Waals surface area contributed by atoms with Gasteiger partial charge in [0.2, 0.25) is 0 Å². The normalized spacial score (nSPS) is 9.94. The van der Waals surface area contributed by atoms with Crippen LogP contribution in [0.4, 0.5) is 10.1 Å². The van der Waals surface area contributed by atoms with Gasteiger partial charge < -0.3 is 10.6 Å². The summed E-state index contributed by atoms with van der Waals surface area (Å²) in [6, 6.07) is 7.85. The Bertz CT molecular complexity index is 481. The minimum absolute atomic E-state index is 0.271. The Balaban J connectivity index is 1.83. The van der Waals surface area contributed by atoms with E-state index in [1.165, 1.54) is 12.1 Å². The van der Waals surface area contributed by atoms with Crippen LogP contribution in [0.2, 0.25) is 0 Å². The second-order valence-corrected chi connectivity index (χ2v) is 3.80. The van der Waals surface area contributed by atoms with E-state index in [0.717, 1.165) is 11.4 Å². The number of benzene rings is 1. The van der Waals surface area contributed by atoms with E-state index in [4.69, 9.17) is 12.2 Å². The maximum absolute atomic E-state index is 12.7. The topological polar surface area (TPSA) is 52.7 Å². The van der Waals surface area contributed by atoms with E-state index < -0.39 is 0 Å². The number of hydrogen-bond acceptors (Lipinski definition) is 2. The quantitative estimate of drug-likeness (QED) is 0.730. The van der Waals surface area contributed by atoms with Crippen LogP contribution in [0.3, 0.4) is 0 Å². The fraction of sp³-hybridized carbons (Fsp3) is 0.0909. The van der Waals surface area contributed by atoms with E-state index >= 15 is 0 Å². The lowest BCUT2D eigenvalue weighted by Crippen LogP contribution is -2.27. The van der Waals surface area contributed by atoms with Crippen molar-refractivity contribution >= 4 is 23.0 Å². The molecule has 0 radical (unpaired) electrons. The lowest BCUT2D eigenvalue weighted by Gasteiger charge is -2.09. The number of aromatic amines is 1. The zero-order chi connectivity index (χ0) is 12.1. The lowest BCUT2D eigenvalue weighted by molar-refractivity contribution is 0.628. The van der Waals surface area contributed by atoms with Crippen LogP contribution in [-0.2, 0) is 6.54 Å². The standard InChI is InChI=1S/C11H11FN4S/c12-8-1-3-9(4-2-8)15-11(17)13-7-10-5-6-14-16-10/h1-6H,7H2,(H,14,16)(H2,13,15,17). The maximum atomic E-state index is 12.7. The number of anilines is 1. The summed E-state index contributed by atoms with van der Waals surface area (Å²) in [6.07, 6.45) is 1.67. The summed E-state index contributed by atoms with van der Waals surface area (Å²) in [5, 5.41) is 13.1. The van der Waals surface area contributed by atoms with Crippen molar-refractivity contribution in [1.29, 1.82) is 0 Å². The highest BCUT2D eigenvalue weighted by Gasteiger charge is 1.98. The third-order valence-electron chi connectivity index (χ3n) is 2.10. The van der Waals surface area contributed by atoms with Gasteiger partial charge in [-0.2, -0.15) is 5.10 Å². The molecule has 1 aromatic carbocycles. The largest absolute Gasteiger partial charge is 0.357 e. The summed E-state index contributed by atoms with van der Waals surface area (Å²) in [5.74, 6) is -0.271. The van der Waals surface area contributed by atoms with Gasteiger partial charge in [-0.05, 0) is 42.5 Å². The smallest absolute Gasteiger partial charge is 0.171 e. The second-order valence-electron chi connectivity index (χ2n) is 3.40. The molecule has 0 amide bonds. The molecule has 6 heteroatoms. The Morgan fingerprint density at radius 2 is 2.06 bits per heavy atom. The number of nitrogens with one attached hydrogen (secondary N) is 3. The Hall–Kier alpha value is -1.95. The van der Waals surface area contributed by atoms with Crippen LogP contribution >= 0.6 is 12.2 Å². The monoisotopic (exact) mass is 250 g/mol. The molecular weight excluding hydrogens is 239 g/mol. The number of aromatic nitrogens is 2. The zero-order valence-corrected chi connectivity index (χ0v) is 9.72. The molecule has 0 aliphatic heterocycles. The van der Waals surface area contributed by atoms with Gasteiger partial charge in [0.25, 0.3) is 0 Å². The van der Waals surface area contributed by atoms with Crippen LogP contribution in [0.1, 0.15) is 5.69 Å². The number of H-pyrrole nitrogens is 1. The molecule has 0 bridgehead atoms. The Morgan fingerprint density at radius 3 is 2.71 bits per heavy atom. The van der Waals surface area contributed by atoms with Crippen molar-refractivity contribution in [2.24, 2.45) is 0 Å². The second kappa shape index (κ2) is 5.40. The van der Waals surface area contributed by atoms with Crippen LogP contribution in [-0.4, -0.2) is 15.3 Å². The van der Waals surface area contributed by atoms with Crippen molar-refractivity contribution in [2.45, 2.75) is 6.54 Å². The van der Waals surface area contributed by atoms with E-state index in [2.05, 4.69) is 20.8 Å². The van der Waals surface area contributed by atoms with Crippen molar-refractivity contribution in [2.75, 3.05) is 5.32 Å².